The van der Waals surface area contributed by atoms with Crippen LogP contribution < -0.4 is 15.8 Å². The molecule has 1 heterocycles. The average Bonchev–Trinajstić information content (AvgIpc) is 2.35. The van der Waals surface area contributed by atoms with Crippen molar-refractivity contribution in [3.8, 4) is 5.88 Å². The number of halogens is 2. The molecule has 0 bridgehead atoms. The zero-order valence-electron chi connectivity index (χ0n) is 12.1. The number of rotatable bonds is 3. The Morgan fingerprint density at radius 3 is 2.48 bits per heavy atom. The molecule has 1 aromatic carbocycles. The Balaban J connectivity index is 2.26. The fourth-order valence-electron chi connectivity index (χ4n) is 1.62. The summed E-state index contributed by atoms with van der Waals surface area (Å²) >= 11 is 12.0. The molecule has 0 aliphatic carbocycles. The average molecular weight is 326 g/mol. The number of nitrogens with zero attached hydrogens (tertiary/aromatic N) is 1. The lowest BCUT2D eigenvalue weighted by atomic mass is 10.2. The maximum Gasteiger partial charge on any atom is 0.239 e. The number of nitrogens with one attached hydrogen (secondary N) is 1. The highest BCUT2D eigenvalue weighted by Crippen LogP contribution is 2.30. The third-order valence-electron chi connectivity index (χ3n) is 2.49. The van der Waals surface area contributed by atoms with Gasteiger partial charge in [-0.1, -0.05) is 23.2 Å². The Hall–Kier alpha value is -1.65. The Bertz CT molecular complexity index is 654. The predicted molar refractivity (Wildman–Crippen MR) is 88.8 cm³/mol. The van der Waals surface area contributed by atoms with Gasteiger partial charge in [-0.25, -0.2) is 0 Å². The highest BCUT2D eigenvalue weighted by Gasteiger charge is 2.15. The molecule has 0 saturated carbocycles. The van der Waals surface area contributed by atoms with Gasteiger partial charge in [-0.2, -0.15) is 4.98 Å². The summed E-state index contributed by atoms with van der Waals surface area (Å²) in [4.78, 5) is 4.37. The molecule has 1 aromatic heterocycles. The summed E-state index contributed by atoms with van der Waals surface area (Å²) in [6.45, 7) is 5.80. The van der Waals surface area contributed by atoms with Crippen molar-refractivity contribution in [1.82, 2.24) is 4.98 Å². The van der Waals surface area contributed by atoms with Gasteiger partial charge in [0.25, 0.3) is 0 Å². The van der Waals surface area contributed by atoms with E-state index in [0.717, 1.165) is 0 Å². The molecular formula is C15H17Cl2N3O. The quantitative estimate of drug-likeness (QED) is 0.843. The molecule has 3 N–H and O–H groups in total. The van der Waals surface area contributed by atoms with Crippen molar-refractivity contribution >= 4 is 40.4 Å². The largest absolute Gasteiger partial charge is 0.470 e. The van der Waals surface area contributed by atoms with Gasteiger partial charge in [0.2, 0.25) is 5.88 Å². The van der Waals surface area contributed by atoms with E-state index in [9.17, 15) is 0 Å². The van der Waals surface area contributed by atoms with Gasteiger partial charge >= 0.3 is 0 Å². The molecule has 0 radical (unpaired) electrons. The van der Waals surface area contributed by atoms with Crippen LogP contribution in [0.5, 0.6) is 5.88 Å². The first-order valence-corrected chi connectivity index (χ1v) is 7.18. The van der Waals surface area contributed by atoms with Gasteiger partial charge in [-0.15, -0.1) is 0 Å². The molecule has 0 saturated heterocycles. The van der Waals surface area contributed by atoms with Crippen molar-refractivity contribution < 1.29 is 4.74 Å². The van der Waals surface area contributed by atoms with Gasteiger partial charge in [0.1, 0.15) is 11.4 Å². The number of benzene rings is 1. The zero-order valence-corrected chi connectivity index (χ0v) is 13.6. The van der Waals surface area contributed by atoms with Gasteiger partial charge in [0, 0.05) is 5.02 Å². The summed E-state index contributed by atoms with van der Waals surface area (Å²) in [7, 11) is 0. The van der Waals surface area contributed by atoms with Crippen LogP contribution in [0.15, 0.2) is 30.3 Å². The number of anilines is 3. The number of hydrogen-bond acceptors (Lipinski definition) is 4. The second-order valence-electron chi connectivity index (χ2n) is 5.55. The fourth-order valence-corrected chi connectivity index (χ4v) is 2.08. The number of nitrogens with two attached hydrogens (primary N) is 1. The molecule has 21 heavy (non-hydrogen) atoms. The summed E-state index contributed by atoms with van der Waals surface area (Å²) in [5.41, 5.74) is 6.70. The Labute approximate surface area is 134 Å². The standard InChI is InChI=1S/C15H17Cl2N3O/c1-15(2,3)21-14-11(18)5-7-13(20-14)19-12-6-4-9(16)8-10(12)17/h4-8H,18H2,1-3H3,(H,19,20). The molecule has 0 amide bonds. The molecule has 0 unspecified atom stereocenters. The SMILES string of the molecule is CC(C)(C)Oc1nc(Nc2ccc(Cl)cc2Cl)ccc1N. The maximum absolute atomic E-state index is 6.13. The summed E-state index contributed by atoms with van der Waals surface area (Å²) in [5.74, 6) is 0.977. The van der Waals surface area contributed by atoms with E-state index in [1.54, 1.807) is 30.3 Å². The van der Waals surface area contributed by atoms with Crippen molar-refractivity contribution in [2.75, 3.05) is 11.1 Å². The van der Waals surface area contributed by atoms with Crippen LogP contribution in [0.2, 0.25) is 10.0 Å². The minimum atomic E-state index is -0.377. The molecule has 2 rings (SSSR count). The first-order chi connectivity index (χ1) is 9.74. The second kappa shape index (κ2) is 6.00. The second-order valence-corrected chi connectivity index (χ2v) is 6.40. The molecule has 4 nitrogen and oxygen atoms in total. The summed E-state index contributed by atoms with van der Waals surface area (Å²) in [6, 6.07) is 8.69. The van der Waals surface area contributed by atoms with Crippen LogP contribution in [0.4, 0.5) is 17.2 Å². The summed E-state index contributed by atoms with van der Waals surface area (Å²) in [5, 5.41) is 4.21. The van der Waals surface area contributed by atoms with E-state index >= 15 is 0 Å². The van der Waals surface area contributed by atoms with Crippen LogP contribution in [-0.2, 0) is 0 Å². The summed E-state index contributed by atoms with van der Waals surface area (Å²) in [6.07, 6.45) is 0. The Kier molecular flexibility index (Phi) is 4.49. The first-order valence-electron chi connectivity index (χ1n) is 6.42. The summed E-state index contributed by atoms with van der Waals surface area (Å²) < 4.78 is 5.73. The van der Waals surface area contributed by atoms with Crippen molar-refractivity contribution in [3.05, 3.63) is 40.4 Å². The molecule has 0 aliphatic rings. The van der Waals surface area contributed by atoms with E-state index in [-0.39, 0.29) is 5.60 Å². The van der Waals surface area contributed by atoms with E-state index < -0.39 is 0 Å². The first kappa shape index (κ1) is 15.7. The van der Waals surface area contributed by atoms with E-state index in [2.05, 4.69) is 10.3 Å². The van der Waals surface area contributed by atoms with Crippen molar-refractivity contribution in [1.29, 1.82) is 0 Å². The zero-order chi connectivity index (χ0) is 15.6. The lowest BCUT2D eigenvalue weighted by Crippen LogP contribution is -2.24. The topological polar surface area (TPSA) is 60.2 Å². The third-order valence-corrected chi connectivity index (χ3v) is 3.03. The Morgan fingerprint density at radius 2 is 1.86 bits per heavy atom. The van der Waals surface area contributed by atoms with Crippen LogP contribution in [-0.4, -0.2) is 10.6 Å². The van der Waals surface area contributed by atoms with Crippen LogP contribution in [0, 0.1) is 0 Å². The van der Waals surface area contributed by atoms with Gasteiger partial charge in [0.05, 0.1) is 16.4 Å². The lowest BCUT2D eigenvalue weighted by Gasteiger charge is -2.21. The predicted octanol–water partition coefficient (Wildman–Crippen LogP) is 4.89. The molecule has 0 fully saturated rings. The molecule has 112 valence electrons. The normalized spacial score (nSPS) is 11.3. The molecule has 0 aliphatic heterocycles. The van der Waals surface area contributed by atoms with E-state index in [1.165, 1.54) is 0 Å². The van der Waals surface area contributed by atoms with Crippen molar-refractivity contribution in [3.63, 3.8) is 0 Å². The van der Waals surface area contributed by atoms with E-state index in [4.69, 9.17) is 33.7 Å². The number of ether oxygens (including phenoxy) is 1. The van der Waals surface area contributed by atoms with Gasteiger partial charge in [-0.05, 0) is 51.1 Å². The van der Waals surface area contributed by atoms with Crippen molar-refractivity contribution in [2.45, 2.75) is 26.4 Å². The molecule has 6 heteroatoms. The molecular weight excluding hydrogens is 309 g/mol. The van der Waals surface area contributed by atoms with Crippen LogP contribution in [0.1, 0.15) is 20.8 Å². The molecule has 0 spiro atoms. The number of hydrogen-bond donors (Lipinski definition) is 2. The Morgan fingerprint density at radius 1 is 1.14 bits per heavy atom. The minimum Gasteiger partial charge on any atom is -0.470 e. The lowest BCUT2D eigenvalue weighted by molar-refractivity contribution is 0.125. The highest BCUT2D eigenvalue weighted by atomic mass is 35.5. The third kappa shape index (κ3) is 4.41. The van der Waals surface area contributed by atoms with Gasteiger partial charge < -0.3 is 15.8 Å². The number of pyridine rings is 1. The number of aromatic nitrogens is 1. The smallest absolute Gasteiger partial charge is 0.239 e. The maximum atomic E-state index is 6.13. The van der Waals surface area contributed by atoms with E-state index in [0.29, 0.717) is 33.1 Å². The monoisotopic (exact) mass is 325 g/mol. The van der Waals surface area contributed by atoms with E-state index in [1.807, 2.05) is 20.8 Å². The minimum absolute atomic E-state index is 0.377. The number of nitrogen functional groups attached to an aromatic ring is 1. The molecule has 2 aromatic rings. The van der Waals surface area contributed by atoms with Crippen LogP contribution in [0.25, 0.3) is 0 Å². The van der Waals surface area contributed by atoms with Gasteiger partial charge in [0.15, 0.2) is 0 Å². The molecule has 0 atom stereocenters. The van der Waals surface area contributed by atoms with Crippen molar-refractivity contribution in [2.24, 2.45) is 0 Å². The van der Waals surface area contributed by atoms with Crippen LogP contribution in [0.3, 0.4) is 0 Å². The fraction of sp³-hybridized carbons (Fsp3) is 0.267. The van der Waals surface area contributed by atoms with Gasteiger partial charge in [-0.3, -0.25) is 0 Å². The highest BCUT2D eigenvalue weighted by molar-refractivity contribution is 6.36. The van der Waals surface area contributed by atoms with Crippen LogP contribution >= 0.6 is 23.2 Å².